The van der Waals surface area contributed by atoms with Crippen LogP contribution in [0.4, 0.5) is 5.13 Å². The minimum Gasteiger partial charge on any atom is -0.346 e. The minimum absolute atomic E-state index is 0.398. The summed E-state index contributed by atoms with van der Waals surface area (Å²) >= 11 is 1.72. The molecule has 7 heteroatoms. The van der Waals surface area contributed by atoms with Gasteiger partial charge < -0.3 is 9.47 Å². The van der Waals surface area contributed by atoms with E-state index < -0.39 is 0 Å². The lowest BCUT2D eigenvalue weighted by atomic mass is 9.97. The van der Waals surface area contributed by atoms with E-state index in [2.05, 4.69) is 57.6 Å². The second kappa shape index (κ2) is 6.32. The molecular weight excluding hydrogens is 296 g/mol. The van der Waals surface area contributed by atoms with Crippen LogP contribution < -0.4 is 4.90 Å². The molecule has 1 fully saturated rings. The summed E-state index contributed by atoms with van der Waals surface area (Å²) in [6, 6.07) is 0.398. The number of rotatable bonds is 4. The van der Waals surface area contributed by atoms with Crippen LogP contribution in [0.25, 0.3) is 0 Å². The maximum atomic E-state index is 4.39. The molecule has 1 atom stereocenters. The zero-order valence-electron chi connectivity index (χ0n) is 13.7. The highest BCUT2D eigenvalue weighted by atomic mass is 32.1. The van der Waals surface area contributed by atoms with Gasteiger partial charge in [-0.1, -0.05) is 25.2 Å². The van der Waals surface area contributed by atoms with E-state index in [-0.39, 0.29) is 0 Å². The predicted octanol–water partition coefficient (Wildman–Crippen LogP) is 3.22. The van der Waals surface area contributed by atoms with E-state index in [0.29, 0.717) is 17.9 Å². The summed E-state index contributed by atoms with van der Waals surface area (Å²) in [7, 11) is 0. The molecule has 0 saturated carbocycles. The lowest BCUT2D eigenvalue weighted by molar-refractivity contribution is 0.454. The first-order valence-electron chi connectivity index (χ1n) is 8.04. The van der Waals surface area contributed by atoms with Crippen molar-refractivity contribution in [3.05, 3.63) is 17.2 Å². The van der Waals surface area contributed by atoms with Crippen LogP contribution in [0.1, 0.15) is 69.2 Å². The van der Waals surface area contributed by atoms with Gasteiger partial charge in [0.05, 0.1) is 0 Å². The van der Waals surface area contributed by atoms with Gasteiger partial charge in [0.15, 0.2) is 0 Å². The van der Waals surface area contributed by atoms with Crippen molar-refractivity contribution in [2.45, 2.75) is 58.4 Å². The number of nitrogens with zero attached hydrogens (tertiary/aromatic N) is 6. The fourth-order valence-corrected chi connectivity index (χ4v) is 3.77. The van der Waals surface area contributed by atoms with Crippen LogP contribution >= 0.6 is 11.3 Å². The SMILES string of the molecule is CC(C)c1nnc(N2CCCC(c3nncn3C(C)C)C2)s1. The standard InChI is InChI=1S/C15H24N6S/c1-10(2)14-18-19-15(22-14)20-7-5-6-12(8-20)13-17-16-9-21(13)11(3)4/h9-12H,5-8H2,1-4H3. The van der Waals surface area contributed by atoms with E-state index in [4.69, 9.17) is 0 Å². The van der Waals surface area contributed by atoms with Crippen molar-refractivity contribution >= 4 is 16.5 Å². The van der Waals surface area contributed by atoms with Gasteiger partial charge in [0, 0.05) is 31.0 Å². The summed E-state index contributed by atoms with van der Waals surface area (Å²) in [6.07, 6.45) is 4.17. The van der Waals surface area contributed by atoms with Gasteiger partial charge in [-0.25, -0.2) is 0 Å². The van der Waals surface area contributed by atoms with Crippen molar-refractivity contribution in [1.82, 2.24) is 25.0 Å². The first kappa shape index (κ1) is 15.4. The molecule has 2 aromatic rings. The van der Waals surface area contributed by atoms with Gasteiger partial charge in [0.1, 0.15) is 17.2 Å². The molecule has 0 aliphatic carbocycles. The summed E-state index contributed by atoms with van der Waals surface area (Å²) in [6.45, 7) is 10.7. The molecule has 3 heterocycles. The Hall–Kier alpha value is -1.50. The zero-order chi connectivity index (χ0) is 15.7. The van der Waals surface area contributed by atoms with Gasteiger partial charge in [0.2, 0.25) is 5.13 Å². The average Bonchev–Trinajstić information content (AvgIpc) is 3.17. The highest BCUT2D eigenvalue weighted by Crippen LogP contribution is 2.32. The van der Waals surface area contributed by atoms with Crippen molar-refractivity contribution in [2.24, 2.45) is 0 Å². The summed E-state index contributed by atoms with van der Waals surface area (Å²) in [5, 5.41) is 19.4. The quantitative estimate of drug-likeness (QED) is 0.865. The highest BCUT2D eigenvalue weighted by Gasteiger charge is 2.27. The Kier molecular flexibility index (Phi) is 4.42. The third kappa shape index (κ3) is 2.99. The van der Waals surface area contributed by atoms with Crippen molar-refractivity contribution in [2.75, 3.05) is 18.0 Å². The van der Waals surface area contributed by atoms with Crippen LogP contribution in [0.2, 0.25) is 0 Å². The van der Waals surface area contributed by atoms with Crippen LogP contribution in [-0.2, 0) is 0 Å². The van der Waals surface area contributed by atoms with Crippen molar-refractivity contribution in [3.8, 4) is 0 Å². The molecule has 0 amide bonds. The Morgan fingerprint density at radius 3 is 2.68 bits per heavy atom. The number of piperidine rings is 1. The Balaban J connectivity index is 1.77. The third-order valence-electron chi connectivity index (χ3n) is 4.14. The number of hydrogen-bond acceptors (Lipinski definition) is 6. The summed E-state index contributed by atoms with van der Waals surface area (Å²) in [4.78, 5) is 2.36. The molecule has 1 aliphatic rings. The molecule has 2 aromatic heterocycles. The summed E-state index contributed by atoms with van der Waals surface area (Å²) in [5.41, 5.74) is 0. The maximum absolute atomic E-state index is 4.39. The van der Waals surface area contributed by atoms with E-state index in [1.807, 2.05) is 6.33 Å². The predicted molar refractivity (Wildman–Crippen MR) is 88.6 cm³/mol. The Labute approximate surface area is 135 Å². The molecule has 3 rings (SSSR count). The average molecular weight is 320 g/mol. The van der Waals surface area contributed by atoms with Crippen LogP contribution in [-0.4, -0.2) is 38.1 Å². The fraction of sp³-hybridized carbons (Fsp3) is 0.733. The molecule has 22 heavy (non-hydrogen) atoms. The lowest BCUT2D eigenvalue weighted by Gasteiger charge is -2.32. The van der Waals surface area contributed by atoms with Gasteiger partial charge in [-0.05, 0) is 26.7 Å². The molecule has 0 N–H and O–H groups in total. The first-order chi connectivity index (χ1) is 10.6. The first-order valence-corrected chi connectivity index (χ1v) is 8.85. The van der Waals surface area contributed by atoms with E-state index in [0.717, 1.165) is 41.9 Å². The second-order valence-electron chi connectivity index (χ2n) is 6.55. The topological polar surface area (TPSA) is 59.7 Å². The molecule has 0 aromatic carbocycles. The molecular formula is C15H24N6S. The second-order valence-corrected chi connectivity index (χ2v) is 7.54. The van der Waals surface area contributed by atoms with E-state index in [1.165, 1.54) is 0 Å². The Bertz CT molecular complexity index is 617. The molecule has 0 bridgehead atoms. The highest BCUT2D eigenvalue weighted by molar-refractivity contribution is 7.15. The van der Waals surface area contributed by atoms with Crippen LogP contribution in [0.5, 0.6) is 0 Å². The summed E-state index contributed by atoms with van der Waals surface area (Å²) in [5.74, 6) is 1.97. The van der Waals surface area contributed by atoms with Crippen molar-refractivity contribution in [3.63, 3.8) is 0 Å². The lowest BCUT2D eigenvalue weighted by Crippen LogP contribution is -2.35. The van der Waals surface area contributed by atoms with Gasteiger partial charge >= 0.3 is 0 Å². The molecule has 0 spiro atoms. The molecule has 1 unspecified atom stereocenters. The van der Waals surface area contributed by atoms with Gasteiger partial charge in [-0.15, -0.1) is 20.4 Å². The van der Waals surface area contributed by atoms with Crippen LogP contribution in [0.3, 0.4) is 0 Å². The molecule has 0 radical (unpaired) electrons. The van der Waals surface area contributed by atoms with Crippen LogP contribution in [0, 0.1) is 0 Å². The van der Waals surface area contributed by atoms with Crippen molar-refractivity contribution in [1.29, 1.82) is 0 Å². The molecule has 1 saturated heterocycles. The van der Waals surface area contributed by atoms with Crippen molar-refractivity contribution < 1.29 is 0 Å². The number of hydrogen-bond donors (Lipinski definition) is 0. The third-order valence-corrected chi connectivity index (χ3v) is 5.42. The minimum atomic E-state index is 0.398. The van der Waals surface area contributed by atoms with E-state index in [1.54, 1.807) is 11.3 Å². The number of aromatic nitrogens is 5. The molecule has 120 valence electrons. The van der Waals surface area contributed by atoms with Gasteiger partial charge in [0.25, 0.3) is 0 Å². The smallest absolute Gasteiger partial charge is 0.208 e. The maximum Gasteiger partial charge on any atom is 0.208 e. The largest absolute Gasteiger partial charge is 0.346 e. The fourth-order valence-electron chi connectivity index (χ4n) is 2.89. The summed E-state index contributed by atoms with van der Waals surface area (Å²) < 4.78 is 2.19. The van der Waals surface area contributed by atoms with Gasteiger partial charge in [-0.3, -0.25) is 0 Å². The monoisotopic (exact) mass is 320 g/mol. The normalized spacial score (nSPS) is 19.4. The van der Waals surface area contributed by atoms with Gasteiger partial charge in [-0.2, -0.15) is 0 Å². The molecule has 6 nitrogen and oxygen atoms in total. The zero-order valence-corrected chi connectivity index (χ0v) is 14.5. The molecule has 1 aliphatic heterocycles. The van der Waals surface area contributed by atoms with E-state index >= 15 is 0 Å². The van der Waals surface area contributed by atoms with Crippen LogP contribution in [0.15, 0.2) is 6.33 Å². The van der Waals surface area contributed by atoms with E-state index in [9.17, 15) is 0 Å². The Morgan fingerprint density at radius 2 is 2.00 bits per heavy atom. The number of anilines is 1. The Morgan fingerprint density at radius 1 is 1.18 bits per heavy atom.